The molecule has 0 aliphatic rings. The number of rotatable bonds is 11. The highest BCUT2D eigenvalue weighted by Gasteiger charge is 2.10. The number of thioether (sulfide) groups is 2. The zero-order valence-corrected chi connectivity index (χ0v) is 15.8. The first-order chi connectivity index (χ1) is 11.4. The van der Waals surface area contributed by atoms with Gasteiger partial charge < -0.3 is 0 Å². The Bertz CT molecular complexity index is 466. The van der Waals surface area contributed by atoms with Gasteiger partial charge in [0.15, 0.2) is 0 Å². The van der Waals surface area contributed by atoms with E-state index in [-0.39, 0.29) is 0 Å². The molecule has 23 heavy (non-hydrogen) atoms. The highest BCUT2D eigenvalue weighted by molar-refractivity contribution is 8.16. The summed E-state index contributed by atoms with van der Waals surface area (Å²) >= 11 is 4.23. The van der Waals surface area contributed by atoms with Gasteiger partial charge in [-0.2, -0.15) is 0 Å². The average molecular weight is 345 g/mol. The van der Waals surface area contributed by atoms with Crippen molar-refractivity contribution in [2.75, 3.05) is 0 Å². The predicted molar refractivity (Wildman–Crippen MR) is 108 cm³/mol. The molecule has 0 amide bonds. The smallest absolute Gasteiger partial charge is 0.0509 e. The Kier molecular flexibility index (Phi) is 9.35. The minimum absolute atomic E-state index is 0.701. The van der Waals surface area contributed by atoms with E-state index in [9.17, 15) is 0 Å². The van der Waals surface area contributed by atoms with E-state index in [2.05, 4.69) is 91.1 Å². The Labute approximate surface area is 150 Å². The van der Waals surface area contributed by atoms with Crippen molar-refractivity contribution in [2.45, 2.75) is 55.1 Å². The van der Waals surface area contributed by atoms with Gasteiger partial charge in [0.25, 0.3) is 0 Å². The molecule has 0 atom stereocenters. The molecule has 0 aromatic heterocycles. The molecule has 0 spiro atoms. The molecule has 0 bridgehead atoms. The molecule has 0 radical (unpaired) electrons. The summed E-state index contributed by atoms with van der Waals surface area (Å²) in [6.45, 7) is 2.28. The zero-order valence-electron chi connectivity index (χ0n) is 14.1. The lowest BCUT2D eigenvalue weighted by Gasteiger charge is -2.16. The van der Waals surface area contributed by atoms with E-state index in [1.165, 1.54) is 43.2 Å². The molecule has 2 heteroatoms. The molecular weight excluding hydrogens is 316 g/mol. The molecule has 0 heterocycles. The van der Waals surface area contributed by atoms with Crippen molar-refractivity contribution in [3.63, 3.8) is 0 Å². The van der Waals surface area contributed by atoms with Crippen molar-refractivity contribution < 1.29 is 0 Å². The first-order valence-electron chi connectivity index (χ1n) is 8.69. The minimum Gasteiger partial charge on any atom is -0.143 e. The summed E-state index contributed by atoms with van der Waals surface area (Å²) in [4.78, 5) is 0. The predicted octanol–water partition coefficient (Wildman–Crippen LogP) is 7.15. The zero-order chi connectivity index (χ0) is 16.2. The highest BCUT2D eigenvalue weighted by Crippen LogP contribution is 2.33. The number of unbranched alkanes of at least 4 members (excludes halogenated alkanes) is 3. The fourth-order valence-corrected chi connectivity index (χ4v) is 5.08. The molecule has 0 N–H and O–H groups in total. The van der Waals surface area contributed by atoms with Crippen molar-refractivity contribution in [1.29, 1.82) is 0 Å². The number of benzene rings is 2. The third-order valence-electron chi connectivity index (χ3n) is 3.85. The van der Waals surface area contributed by atoms with E-state index in [0.717, 1.165) is 11.5 Å². The summed E-state index contributed by atoms with van der Waals surface area (Å²) in [5, 5.41) is 0. The van der Waals surface area contributed by atoms with Crippen LogP contribution in [0.15, 0.2) is 60.7 Å². The highest BCUT2D eigenvalue weighted by atomic mass is 32.2. The van der Waals surface area contributed by atoms with Gasteiger partial charge in [-0.3, -0.25) is 0 Å². The van der Waals surface area contributed by atoms with Gasteiger partial charge in [0.2, 0.25) is 0 Å². The maximum absolute atomic E-state index is 2.28. The second-order valence-corrected chi connectivity index (χ2v) is 8.55. The van der Waals surface area contributed by atoms with Crippen molar-refractivity contribution in [3.05, 3.63) is 71.8 Å². The summed E-state index contributed by atoms with van der Waals surface area (Å²) in [7, 11) is 0. The molecule has 0 saturated heterocycles. The van der Waals surface area contributed by atoms with E-state index >= 15 is 0 Å². The summed E-state index contributed by atoms with van der Waals surface area (Å²) in [6, 6.07) is 21.7. The van der Waals surface area contributed by atoms with E-state index in [1.54, 1.807) is 0 Å². The fourth-order valence-electron chi connectivity index (χ4n) is 2.48. The quantitative estimate of drug-likeness (QED) is 0.313. The van der Waals surface area contributed by atoms with E-state index in [4.69, 9.17) is 0 Å². The molecule has 124 valence electrons. The van der Waals surface area contributed by atoms with Crippen LogP contribution in [0.4, 0.5) is 0 Å². The Morgan fingerprint density at radius 3 is 1.70 bits per heavy atom. The molecule has 0 aliphatic heterocycles. The van der Waals surface area contributed by atoms with Gasteiger partial charge in [0.05, 0.1) is 4.58 Å². The molecule has 0 saturated carbocycles. The Balaban J connectivity index is 1.80. The van der Waals surface area contributed by atoms with Crippen LogP contribution >= 0.6 is 23.5 Å². The van der Waals surface area contributed by atoms with Crippen molar-refractivity contribution >= 4 is 23.5 Å². The van der Waals surface area contributed by atoms with Crippen LogP contribution < -0.4 is 0 Å². The third kappa shape index (κ3) is 7.99. The van der Waals surface area contributed by atoms with Crippen LogP contribution in [0.3, 0.4) is 0 Å². The van der Waals surface area contributed by atoms with Crippen LogP contribution in [0.25, 0.3) is 0 Å². The van der Waals surface area contributed by atoms with Gasteiger partial charge in [0, 0.05) is 11.5 Å². The van der Waals surface area contributed by atoms with E-state index in [1.807, 2.05) is 0 Å². The van der Waals surface area contributed by atoms with Crippen LogP contribution in [0.2, 0.25) is 0 Å². The molecule has 2 aromatic carbocycles. The molecule has 2 aromatic rings. The Morgan fingerprint density at radius 1 is 0.696 bits per heavy atom. The first kappa shape index (κ1) is 18.5. The van der Waals surface area contributed by atoms with Crippen molar-refractivity contribution in [1.82, 2.24) is 0 Å². The largest absolute Gasteiger partial charge is 0.143 e. The first-order valence-corrected chi connectivity index (χ1v) is 10.8. The van der Waals surface area contributed by atoms with Crippen LogP contribution in [0.1, 0.15) is 50.2 Å². The van der Waals surface area contributed by atoms with Crippen LogP contribution in [-0.2, 0) is 11.5 Å². The molecule has 0 nitrogen and oxygen atoms in total. The molecule has 2 rings (SSSR count). The molecule has 0 fully saturated rings. The summed E-state index contributed by atoms with van der Waals surface area (Å²) in [5.41, 5.74) is 2.88. The second-order valence-electron chi connectivity index (χ2n) is 5.87. The Morgan fingerprint density at radius 2 is 1.22 bits per heavy atom. The lowest BCUT2D eigenvalue weighted by molar-refractivity contribution is 0.652. The monoisotopic (exact) mass is 344 g/mol. The summed E-state index contributed by atoms with van der Waals surface area (Å²) in [6.07, 6.45) is 6.76. The number of hydrogen-bond acceptors (Lipinski definition) is 2. The SMILES string of the molecule is CCCCCCC(SCc1ccccc1)SCc1ccccc1. The van der Waals surface area contributed by atoms with Crippen LogP contribution in [0.5, 0.6) is 0 Å². The van der Waals surface area contributed by atoms with E-state index < -0.39 is 0 Å². The average Bonchev–Trinajstić information content (AvgIpc) is 2.62. The topological polar surface area (TPSA) is 0 Å². The summed E-state index contributed by atoms with van der Waals surface area (Å²) < 4.78 is 0.701. The molecule has 0 unspecified atom stereocenters. The van der Waals surface area contributed by atoms with Crippen molar-refractivity contribution in [3.8, 4) is 0 Å². The molecular formula is C21H28S2. The standard InChI is InChI=1S/C21H28S2/c1-2-3-4-11-16-21(22-17-19-12-7-5-8-13-19)23-18-20-14-9-6-10-15-20/h5-10,12-15,21H,2-4,11,16-18H2,1H3. The lowest BCUT2D eigenvalue weighted by atomic mass is 10.2. The lowest BCUT2D eigenvalue weighted by Crippen LogP contribution is -1.99. The van der Waals surface area contributed by atoms with Crippen LogP contribution in [0, 0.1) is 0 Å². The van der Waals surface area contributed by atoms with Gasteiger partial charge in [-0.25, -0.2) is 0 Å². The Hall–Kier alpha value is -0.860. The van der Waals surface area contributed by atoms with Crippen molar-refractivity contribution in [2.24, 2.45) is 0 Å². The van der Waals surface area contributed by atoms with Gasteiger partial charge >= 0.3 is 0 Å². The second kappa shape index (κ2) is 11.6. The van der Waals surface area contributed by atoms with Gasteiger partial charge in [-0.05, 0) is 17.5 Å². The van der Waals surface area contributed by atoms with Gasteiger partial charge in [0.1, 0.15) is 0 Å². The maximum Gasteiger partial charge on any atom is 0.0509 e. The fraction of sp³-hybridized carbons (Fsp3) is 0.429. The van der Waals surface area contributed by atoms with E-state index in [0.29, 0.717) is 4.58 Å². The third-order valence-corrected chi connectivity index (χ3v) is 6.88. The minimum atomic E-state index is 0.701. The maximum atomic E-state index is 2.28. The van der Waals surface area contributed by atoms with Gasteiger partial charge in [-0.15, -0.1) is 23.5 Å². The summed E-state index contributed by atoms with van der Waals surface area (Å²) in [5.74, 6) is 2.25. The molecule has 0 aliphatic carbocycles. The van der Waals surface area contributed by atoms with Gasteiger partial charge in [-0.1, -0.05) is 93.3 Å². The van der Waals surface area contributed by atoms with Crippen LogP contribution in [-0.4, -0.2) is 4.58 Å². The normalized spacial score (nSPS) is 11.0. The number of hydrogen-bond donors (Lipinski definition) is 0.